The van der Waals surface area contributed by atoms with Gasteiger partial charge in [-0.25, -0.2) is 4.21 Å². The molecule has 0 amide bonds. The third-order valence-electron chi connectivity index (χ3n) is 0.832. The lowest BCUT2D eigenvalue weighted by Gasteiger charge is -2.00. The van der Waals surface area contributed by atoms with Gasteiger partial charge in [-0.1, -0.05) is 0 Å². The van der Waals surface area contributed by atoms with E-state index in [1.165, 1.54) is 6.26 Å². The summed E-state index contributed by atoms with van der Waals surface area (Å²) in [5.74, 6) is -0.888. The molecule has 0 aliphatic heterocycles. The van der Waals surface area contributed by atoms with Crippen LogP contribution in [-0.2, 0) is 28.9 Å². The molecule has 66 valence electrons. The molecular formula is C5H10O4S2. The molecule has 0 heterocycles. The first kappa shape index (κ1) is 10.8. The van der Waals surface area contributed by atoms with Crippen LogP contribution in [0.15, 0.2) is 0 Å². The highest BCUT2D eigenvalue weighted by Crippen LogP contribution is 1.94. The van der Waals surface area contributed by atoms with Gasteiger partial charge in [-0.3, -0.25) is 8.98 Å². The van der Waals surface area contributed by atoms with E-state index >= 15 is 0 Å². The third kappa shape index (κ3) is 9.80. The lowest BCUT2D eigenvalue weighted by atomic mass is 10.3. The van der Waals surface area contributed by atoms with Crippen LogP contribution in [0.1, 0.15) is 12.8 Å². The number of hydrogen-bond donors (Lipinski definition) is 1. The Morgan fingerprint density at radius 2 is 2.27 bits per heavy atom. The fourth-order valence-corrected chi connectivity index (χ4v) is 1.06. The third-order valence-corrected chi connectivity index (χ3v) is 1.72. The molecule has 1 unspecified atom stereocenters. The summed E-state index contributed by atoms with van der Waals surface area (Å²) in [4.78, 5) is 9.97. The van der Waals surface area contributed by atoms with Crippen LogP contribution < -0.4 is 0 Å². The molecule has 0 aromatic rings. The van der Waals surface area contributed by atoms with Crippen molar-refractivity contribution in [3.63, 3.8) is 0 Å². The molecule has 1 atom stereocenters. The molecule has 4 nitrogen and oxygen atoms in total. The summed E-state index contributed by atoms with van der Waals surface area (Å²) in [5, 5.41) is 8.19. The lowest BCUT2D eigenvalue weighted by molar-refractivity contribution is -0.137. The molecule has 0 bridgehead atoms. The fraction of sp³-hybridized carbons (Fsp3) is 0.800. The van der Waals surface area contributed by atoms with Gasteiger partial charge in [0.2, 0.25) is 0 Å². The van der Waals surface area contributed by atoms with Crippen LogP contribution in [0, 0.1) is 0 Å². The Balaban J connectivity index is 3.37. The minimum atomic E-state index is -2.58. The van der Waals surface area contributed by atoms with Gasteiger partial charge in [0.15, 0.2) is 0 Å². The van der Waals surface area contributed by atoms with E-state index in [2.05, 4.69) is 15.4 Å². The average molecular weight is 198 g/mol. The molecule has 0 radical (unpaired) electrons. The summed E-state index contributed by atoms with van der Waals surface area (Å²) in [5.41, 5.74) is 0. The van der Waals surface area contributed by atoms with Gasteiger partial charge in [0.05, 0.1) is 6.61 Å². The summed E-state index contributed by atoms with van der Waals surface area (Å²) in [6, 6.07) is 0. The number of carboxylic acid groups (broad SMARTS) is 1. The Kier molecular flexibility index (Phi) is 4.55. The first-order valence-electron chi connectivity index (χ1n) is 2.98. The molecule has 0 spiro atoms. The van der Waals surface area contributed by atoms with E-state index in [-0.39, 0.29) is 13.0 Å². The summed E-state index contributed by atoms with van der Waals surface area (Å²) in [6.45, 7) is 0.144. The van der Waals surface area contributed by atoms with Gasteiger partial charge in [0.25, 0.3) is 0 Å². The molecule has 0 saturated heterocycles. The first-order chi connectivity index (χ1) is 4.92. The fourth-order valence-electron chi connectivity index (χ4n) is 0.434. The number of carboxylic acids is 1. The first-order valence-corrected chi connectivity index (χ1v) is 5.79. The highest BCUT2D eigenvalue weighted by Gasteiger charge is 1.99. The summed E-state index contributed by atoms with van der Waals surface area (Å²) in [6.07, 6.45) is 1.66. The smallest absolute Gasteiger partial charge is 0.303 e. The zero-order chi connectivity index (χ0) is 8.91. The molecule has 6 heteroatoms. The highest BCUT2D eigenvalue weighted by molar-refractivity contribution is 8.29. The molecule has 0 aromatic carbocycles. The second kappa shape index (κ2) is 4.63. The summed E-state index contributed by atoms with van der Waals surface area (Å²) in [7, 11) is -2.58. The minimum absolute atomic E-state index is 0.0187. The van der Waals surface area contributed by atoms with Crippen LogP contribution in [0.5, 0.6) is 0 Å². The largest absolute Gasteiger partial charge is 0.481 e. The number of rotatable bonds is 5. The van der Waals surface area contributed by atoms with Gasteiger partial charge in [-0.05, 0) is 6.42 Å². The molecule has 0 aliphatic carbocycles. The molecule has 1 N–H and O–H groups in total. The number of aliphatic carboxylic acids is 1. The Bertz CT molecular complexity index is 219. The molecular weight excluding hydrogens is 188 g/mol. The predicted octanol–water partition coefficient (Wildman–Crippen LogP) is 0.159. The Labute approximate surface area is 70.4 Å². The maximum atomic E-state index is 10.7. The highest BCUT2D eigenvalue weighted by atomic mass is 32.8. The number of carbonyl (C=O) groups is 1. The van der Waals surface area contributed by atoms with Crippen LogP contribution >= 0.6 is 0 Å². The van der Waals surface area contributed by atoms with Crippen LogP contribution in [0.2, 0.25) is 0 Å². The van der Waals surface area contributed by atoms with E-state index in [4.69, 9.17) is 5.11 Å². The van der Waals surface area contributed by atoms with Crippen LogP contribution in [0.3, 0.4) is 0 Å². The second-order valence-corrected chi connectivity index (χ2v) is 5.48. The van der Waals surface area contributed by atoms with Crippen LogP contribution in [0.25, 0.3) is 0 Å². The molecule has 11 heavy (non-hydrogen) atoms. The maximum absolute atomic E-state index is 10.7. The minimum Gasteiger partial charge on any atom is -0.481 e. The maximum Gasteiger partial charge on any atom is 0.303 e. The normalized spacial score (nSPS) is 15.7. The van der Waals surface area contributed by atoms with Crippen molar-refractivity contribution in [1.82, 2.24) is 0 Å². The SMILES string of the molecule is CS(=O)(=S)OCCCC(=O)O. The monoisotopic (exact) mass is 198 g/mol. The van der Waals surface area contributed by atoms with E-state index in [1.54, 1.807) is 0 Å². The van der Waals surface area contributed by atoms with Gasteiger partial charge in [-0.2, -0.15) is 0 Å². The number of hydrogen-bond acceptors (Lipinski definition) is 4. The molecule has 0 aliphatic rings. The van der Waals surface area contributed by atoms with E-state index in [1.807, 2.05) is 0 Å². The summed E-state index contributed by atoms with van der Waals surface area (Å²) < 4.78 is 15.3. The van der Waals surface area contributed by atoms with Gasteiger partial charge < -0.3 is 5.11 Å². The van der Waals surface area contributed by atoms with E-state index in [0.29, 0.717) is 6.42 Å². The Morgan fingerprint density at radius 3 is 2.64 bits per heavy atom. The molecule has 0 rings (SSSR count). The van der Waals surface area contributed by atoms with Crippen LogP contribution in [-0.4, -0.2) is 28.1 Å². The molecule has 0 saturated carbocycles. The van der Waals surface area contributed by atoms with Crippen molar-refractivity contribution in [2.45, 2.75) is 12.8 Å². The molecule has 0 fully saturated rings. The standard InChI is InChI=1S/C5H10O4S2/c1-11(8,10)9-4-2-3-5(6)7/h2-4H2,1H3,(H,6,7). The summed E-state index contributed by atoms with van der Waals surface area (Å²) >= 11 is 4.42. The van der Waals surface area contributed by atoms with Crippen molar-refractivity contribution in [1.29, 1.82) is 0 Å². The van der Waals surface area contributed by atoms with Crippen molar-refractivity contribution < 1.29 is 18.3 Å². The van der Waals surface area contributed by atoms with Crippen molar-refractivity contribution in [2.75, 3.05) is 12.9 Å². The van der Waals surface area contributed by atoms with Crippen molar-refractivity contribution >= 4 is 25.9 Å². The predicted molar refractivity (Wildman–Crippen MR) is 44.3 cm³/mol. The Morgan fingerprint density at radius 1 is 1.73 bits per heavy atom. The van der Waals surface area contributed by atoms with Crippen molar-refractivity contribution in [2.24, 2.45) is 0 Å². The topological polar surface area (TPSA) is 63.6 Å². The van der Waals surface area contributed by atoms with Gasteiger partial charge >= 0.3 is 5.97 Å². The Hall–Kier alpha value is -0.200. The van der Waals surface area contributed by atoms with Gasteiger partial charge in [0, 0.05) is 23.9 Å². The van der Waals surface area contributed by atoms with Gasteiger partial charge in [-0.15, -0.1) is 0 Å². The van der Waals surface area contributed by atoms with Crippen molar-refractivity contribution in [3.8, 4) is 0 Å². The average Bonchev–Trinajstić information content (AvgIpc) is 1.78. The quantitative estimate of drug-likeness (QED) is 0.637. The van der Waals surface area contributed by atoms with Crippen LogP contribution in [0.4, 0.5) is 0 Å². The van der Waals surface area contributed by atoms with E-state index in [9.17, 15) is 9.00 Å². The van der Waals surface area contributed by atoms with Gasteiger partial charge in [0.1, 0.15) is 8.77 Å². The lowest BCUT2D eigenvalue weighted by Crippen LogP contribution is -2.04. The molecule has 0 aromatic heterocycles. The van der Waals surface area contributed by atoms with E-state index < -0.39 is 14.7 Å². The zero-order valence-electron chi connectivity index (χ0n) is 6.11. The second-order valence-electron chi connectivity index (χ2n) is 2.02. The van der Waals surface area contributed by atoms with E-state index in [0.717, 1.165) is 0 Å². The van der Waals surface area contributed by atoms with Crippen molar-refractivity contribution in [3.05, 3.63) is 0 Å². The zero-order valence-corrected chi connectivity index (χ0v) is 7.74.